The summed E-state index contributed by atoms with van der Waals surface area (Å²) in [7, 11) is 0. The van der Waals surface area contributed by atoms with Crippen LogP contribution in [0.5, 0.6) is 0 Å². The van der Waals surface area contributed by atoms with E-state index in [2.05, 4.69) is 0 Å². The molecular formula is C14H23NO2. The molecule has 1 heterocycles. The Morgan fingerprint density at radius 2 is 1.94 bits per heavy atom. The predicted molar refractivity (Wildman–Crippen MR) is 66.5 cm³/mol. The quantitative estimate of drug-likeness (QED) is 0.702. The Bertz CT molecular complexity index is 330. The Kier molecular flexibility index (Phi) is 3.28. The van der Waals surface area contributed by atoms with Crippen LogP contribution in [0.25, 0.3) is 0 Å². The third-order valence-electron chi connectivity index (χ3n) is 4.02. The van der Waals surface area contributed by atoms with Gasteiger partial charge in [0.1, 0.15) is 5.78 Å². The van der Waals surface area contributed by atoms with Gasteiger partial charge < -0.3 is 4.90 Å². The Balaban J connectivity index is 2.12. The minimum atomic E-state index is -0.329. The van der Waals surface area contributed by atoms with Crippen molar-refractivity contribution in [2.75, 3.05) is 6.54 Å². The molecule has 0 N–H and O–H groups in total. The number of ketones is 1. The van der Waals surface area contributed by atoms with Crippen molar-refractivity contribution in [1.29, 1.82) is 0 Å². The van der Waals surface area contributed by atoms with Gasteiger partial charge in [0.25, 0.3) is 0 Å². The third-order valence-corrected chi connectivity index (χ3v) is 4.02. The second-order valence-corrected chi connectivity index (χ2v) is 6.42. The molecule has 2 unspecified atom stereocenters. The lowest BCUT2D eigenvalue weighted by atomic mass is 9.91. The number of nitrogens with zero attached hydrogens (tertiary/aromatic N) is 1. The summed E-state index contributed by atoms with van der Waals surface area (Å²) in [5.41, 5.74) is -0.329. The van der Waals surface area contributed by atoms with Crippen LogP contribution in [-0.4, -0.2) is 29.2 Å². The highest BCUT2D eigenvalue weighted by atomic mass is 16.2. The number of carbonyl (C=O) groups is 2. The van der Waals surface area contributed by atoms with Crippen LogP contribution in [-0.2, 0) is 9.59 Å². The topological polar surface area (TPSA) is 37.4 Å². The second kappa shape index (κ2) is 4.43. The van der Waals surface area contributed by atoms with Crippen molar-refractivity contribution in [3.63, 3.8) is 0 Å². The summed E-state index contributed by atoms with van der Waals surface area (Å²) in [5, 5.41) is 0. The maximum atomic E-state index is 12.4. The van der Waals surface area contributed by atoms with Gasteiger partial charge in [-0.3, -0.25) is 9.59 Å². The average Bonchev–Trinajstić information content (AvgIpc) is 2.82. The van der Waals surface area contributed by atoms with Gasteiger partial charge in [0.15, 0.2) is 0 Å². The highest BCUT2D eigenvalue weighted by Gasteiger charge is 2.42. The van der Waals surface area contributed by atoms with E-state index in [-0.39, 0.29) is 23.3 Å². The van der Waals surface area contributed by atoms with Gasteiger partial charge in [-0.25, -0.2) is 0 Å². The average molecular weight is 237 g/mol. The number of rotatable bonds is 1. The molecule has 1 saturated carbocycles. The van der Waals surface area contributed by atoms with Crippen LogP contribution in [0, 0.1) is 11.3 Å². The molecular weight excluding hydrogens is 214 g/mol. The van der Waals surface area contributed by atoms with E-state index in [9.17, 15) is 9.59 Å². The molecule has 0 spiro atoms. The highest BCUT2D eigenvalue weighted by molar-refractivity contribution is 5.86. The Hall–Kier alpha value is -0.860. The number of amides is 1. The molecule has 2 fully saturated rings. The first-order valence-electron chi connectivity index (χ1n) is 6.75. The highest BCUT2D eigenvalue weighted by Crippen LogP contribution is 2.35. The molecule has 2 atom stereocenters. The number of hydrogen-bond acceptors (Lipinski definition) is 2. The fraction of sp³-hybridized carbons (Fsp3) is 0.857. The van der Waals surface area contributed by atoms with Gasteiger partial charge in [0.2, 0.25) is 5.91 Å². The minimum absolute atomic E-state index is 0.129. The van der Waals surface area contributed by atoms with Crippen molar-refractivity contribution >= 4 is 11.7 Å². The first kappa shape index (κ1) is 12.6. The summed E-state index contributed by atoms with van der Waals surface area (Å²) in [6.45, 7) is 6.72. The van der Waals surface area contributed by atoms with Crippen LogP contribution < -0.4 is 0 Å². The van der Waals surface area contributed by atoms with E-state index in [4.69, 9.17) is 0 Å². The van der Waals surface area contributed by atoms with Crippen molar-refractivity contribution in [2.24, 2.45) is 11.3 Å². The normalized spacial score (nSPS) is 30.1. The first-order chi connectivity index (χ1) is 7.91. The number of hydrogen-bond donors (Lipinski definition) is 0. The molecule has 96 valence electrons. The maximum absolute atomic E-state index is 12.4. The zero-order valence-electron chi connectivity index (χ0n) is 11.2. The van der Waals surface area contributed by atoms with Gasteiger partial charge in [-0.15, -0.1) is 0 Å². The summed E-state index contributed by atoms with van der Waals surface area (Å²) in [6.07, 6.45) is 4.78. The van der Waals surface area contributed by atoms with E-state index in [1.807, 2.05) is 25.7 Å². The summed E-state index contributed by atoms with van der Waals surface area (Å²) >= 11 is 0. The van der Waals surface area contributed by atoms with Crippen molar-refractivity contribution in [3.05, 3.63) is 0 Å². The van der Waals surface area contributed by atoms with Crippen LogP contribution >= 0.6 is 0 Å². The molecule has 0 aromatic rings. The van der Waals surface area contributed by atoms with Gasteiger partial charge in [0, 0.05) is 30.3 Å². The van der Waals surface area contributed by atoms with E-state index in [1.165, 1.54) is 0 Å². The van der Waals surface area contributed by atoms with E-state index >= 15 is 0 Å². The molecule has 0 bridgehead atoms. The van der Waals surface area contributed by atoms with Crippen molar-refractivity contribution in [3.8, 4) is 0 Å². The zero-order chi connectivity index (χ0) is 12.6. The van der Waals surface area contributed by atoms with Crippen molar-refractivity contribution < 1.29 is 9.59 Å². The summed E-state index contributed by atoms with van der Waals surface area (Å²) in [5.74, 6) is 0.715. The van der Waals surface area contributed by atoms with Crippen molar-refractivity contribution in [1.82, 2.24) is 4.90 Å². The first-order valence-corrected chi connectivity index (χ1v) is 6.75. The van der Waals surface area contributed by atoms with Crippen LogP contribution in [0.4, 0.5) is 0 Å². The van der Waals surface area contributed by atoms with Gasteiger partial charge in [-0.05, 0) is 25.7 Å². The predicted octanol–water partition coefficient (Wildman–Crippen LogP) is 2.39. The molecule has 0 aromatic heterocycles. The van der Waals surface area contributed by atoms with Crippen molar-refractivity contribution in [2.45, 2.75) is 58.9 Å². The van der Waals surface area contributed by atoms with E-state index in [1.54, 1.807) is 0 Å². The fourth-order valence-corrected chi connectivity index (χ4v) is 3.14. The molecule has 2 rings (SSSR count). The third kappa shape index (κ3) is 2.38. The van der Waals surface area contributed by atoms with Crippen LogP contribution in [0.3, 0.4) is 0 Å². The summed E-state index contributed by atoms with van der Waals surface area (Å²) in [6, 6.07) is 0.191. The van der Waals surface area contributed by atoms with Gasteiger partial charge in [-0.2, -0.15) is 0 Å². The second-order valence-electron chi connectivity index (χ2n) is 6.42. The van der Waals surface area contributed by atoms with Gasteiger partial charge in [0.05, 0.1) is 0 Å². The fourth-order valence-electron chi connectivity index (χ4n) is 3.14. The maximum Gasteiger partial charge on any atom is 0.228 e. The molecule has 3 heteroatoms. The lowest BCUT2D eigenvalue weighted by molar-refractivity contribution is -0.142. The van der Waals surface area contributed by atoms with Gasteiger partial charge >= 0.3 is 0 Å². The molecule has 17 heavy (non-hydrogen) atoms. The van der Waals surface area contributed by atoms with E-state index < -0.39 is 0 Å². The van der Waals surface area contributed by atoms with Gasteiger partial charge in [-0.1, -0.05) is 20.8 Å². The van der Waals surface area contributed by atoms with Crippen LogP contribution in [0.2, 0.25) is 0 Å². The zero-order valence-corrected chi connectivity index (χ0v) is 11.2. The SMILES string of the molecule is CC(C)(C)C(=O)N1CCCC1C1CCCC1=O. The Morgan fingerprint density at radius 1 is 1.24 bits per heavy atom. The molecule has 1 aliphatic carbocycles. The van der Waals surface area contributed by atoms with E-state index in [0.717, 1.165) is 38.6 Å². The smallest absolute Gasteiger partial charge is 0.228 e. The lowest BCUT2D eigenvalue weighted by Crippen LogP contribution is -2.46. The molecule has 0 aromatic carbocycles. The summed E-state index contributed by atoms with van der Waals surface area (Å²) < 4.78 is 0. The lowest BCUT2D eigenvalue weighted by Gasteiger charge is -2.33. The molecule has 1 aliphatic heterocycles. The number of Topliss-reactive ketones (excluding diaryl/α,β-unsaturated/α-hetero) is 1. The molecule has 1 amide bonds. The molecule has 3 nitrogen and oxygen atoms in total. The monoisotopic (exact) mass is 237 g/mol. The van der Waals surface area contributed by atoms with Crippen LogP contribution in [0.1, 0.15) is 52.9 Å². The number of carbonyl (C=O) groups excluding carboxylic acids is 2. The largest absolute Gasteiger partial charge is 0.339 e. The minimum Gasteiger partial charge on any atom is -0.339 e. The molecule has 2 aliphatic rings. The number of likely N-dealkylation sites (tertiary alicyclic amines) is 1. The molecule has 1 saturated heterocycles. The standard InChI is InChI=1S/C14H23NO2/c1-14(2,3)13(17)15-9-5-7-11(15)10-6-4-8-12(10)16/h10-11H,4-9H2,1-3H3. The Morgan fingerprint density at radius 3 is 2.47 bits per heavy atom. The van der Waals surface area contributed by atoms with Crippen LogP contribution in [0.15, 0.2) is 0 Å². The molecule has 0 radical (unpaired) electrons. The Labute approximate surface area is 104 Å². The summed E-state index contributed by atoms with van der Waals surface area (Å²) in [4.78, 5) is 26.2. The van der Waals surface area contributed by atoms with E-state index in [0.29, 0.717) is 5.78 Å².